The smallest absolute Gasteiger partial charge is 0.384 e. The molecule has 0 saturated heterocycles. The number of hydrogen-bond donors (Lipinski definition) is 2. The minimum atomic E-state index is -4.61. The molecule has 18 heavy (non-hydrogen) atoms. The van der Waals surface area contributed by atoms with E-state index in [0.29, 0.717) is 5.56 Å². The standard InChI is InChI=1S/C12H14F3NO2/c1-7-4-3-5-9(6-7)10(12(13,14)15)16-11(18)8(2)17/h3-6,8,10,17H,1-2H3,(H,16,18). The predicted octanol–water partition coefficient (Wildman–Crippen LogP) is 2.10. The fourth-order valence-corrected chi connectivity index (χ4v) is 1.47. The van der Waals surface area contributed by atoms with Crippen molar-refractivity contribution in [1.29, 1.82) is 0 Å². The third-order valence-corrected chi connectivity index (χ3v) is 2.37. The van der Waals surface area contributed by atoms with Gasteiger partial charge in [0, 0.05) is 0 Å². The third kappa shape index (κ3) is 3.73. The van der Waals surface area contributed by atoms with E-state index < -0.39 is 24.2 Å². The molecule has 2 unspecified atom stereocenters. The molecule has 100 valence electrons. The van der Waals surface area contributed by atoms with Crippen LogP contribution in [0.5, 0.6) is 0 Å². The van der Waals surface area contributed by atoms with E-state index in [9.17, 15) is 18.0 Å². The number of nitrogens with one attached hydrogen (secondary N) is 1. The fourth-order valence-electron chi connectivity index (χ4n) is 1.47. The van der Waals surface area contributed by atoms with E-state index >= 15 is 0 Å². The molecule has 0 saturated carbocycles. The lowest BCUT2D eigenvalue weighted by Gasteiger charge is -2.23. The lowest BCUT2D eigenvalue weighted by molar-refractivity contribution is -0.165. The highest BCUT2D eigenvalue weighted by molar-refractivity contribution is 5.80. The Morgan fingerprint density at radius 1 is 1.39 bits per heavy atom. The maximum atomic E-state index is 12.9. The van der Waals surface area contributed by atoms with Gasteiger partial charge >= 0.3 is 6.18 Å². The van der Waals surface area contributed by atoms with Crippen LogP contribution < -0.4 is 5.32 Å². The Morgan fingerprint density at radius 3 is 2.44 bits per heavy atom. The highest BCUT2D eigenvalue weighted by Gasteiger charge is 2.42. The monoisotopic (exact) mass is 261 g/mol. The summed E-state index contributed by atoms with van der Waals surface area (Å²) in [4.78, 5) is 11.2. The number of carbonyl (C=O) groups excluding carboxylic acids is 1. The molecule has 0 heterocycles. The summed E-state index contributed by atoms with van der Waals surface area (Å²) in [7, 11) is 0. The first kappa shape index (κ1) is 14.5. The Hall–Kier alpha value is -1.56. The van der Waals surface area contributed by atoms with E-state index in [1.807, 2.05) is 0 Å². The van der Waals surface area contributed by atoms with Gasteiger partial charge in [-0.05, 0) is 19.4 Å². The number of rotatable bonds is 3. The molecular formula is C12H14F3NO2. The first-order valence-corrected chi connectivity index (χ1v) is 5.33. The van der Waals surface area contributed by atoms with Gasteiger partial charge in [0.2, 0.25) is 5.91 Å². The molecule has 1 amide bonds. The highest BCUT2D eigenvalue weighted by Crippen LogP contribution is 2.32. The van der Waals surface area contributed by atoms with Crippen LogP contribution in [0.2, 0.25) is 0 Å². The molecule has 1 rings (SSSR count). The van der Waals surface area contributed by atoms with Crippen molar-refractivity contribution in [2.24, 2.45) is 0 Å². The van der Waals surface area contributed by atoms with Crippen molar-refractivity contribution < 1.29 is 23.1 Å². The molecule has 2 N–H and O–H groups in total. The molecule has 0 aliphatic rings. The number of carbonyl (C=O) groups is 1. The van der Waals surface area contributed by atoms with E-state index in [1.165, 1.54) is 18.2 Å². The van der Waals surface area contributed by atoms with E-state index in [0.717, 1.165) is 6.92 Å². The Labute approximate surface area is 103 Å². The van der Waals surface area contributed by atoms with Gasteiger partial charge in [-0.1, -0.05) is 29.8 Å². The number of hydrogen-bond acceptors (Lipinski definition) is 2. The zero-order valence-corrected chi connectivity index (χ0v) is 9.95. The topological polar surface area (TPSA) is 49.3 Å². The third-order valence-electron chi connectivity index (χ3n) is 2.37. The van der Waals surface area contributed by atoms with Crippen LogP contribution >= 0.6 is 0 Å². The lowest BCUT2D eigenvalue weighted by Crippen LogP contribution is -2.42. The van der Waals surface area contributed by atoms with Crippen LogP contribution in [0.3, 0.4) is 0 Å². The van der Waals surface area contributed by atoms with Crippen LogP contribution in [0, 0.1) is 6.92 Å². The lowest BCUT2D eigenvalue weighted by atomic mass is 10.0. The summed E-state index contributed by atoms with van der Waals surface area (Å²) in [6.45, 7) is 2.77. The molecule has 0 fully saturated rings. The van der Waals surface area contributed by atoms with E-state index in [1.54, 1.807) is 18.3 Å². The van der Waals surface area contributed by atoms with Crippen LogP contribution in [0.4, 0.5) is 13.2 Å². The van der Waals surface area contributed by atoms with Crippen LogP contribution in [0.25, 0.3) is 0 Å². The van der Waals surface area contributed by atoms with Crippen LogP contribution in [0.1, 0.15) is 24.1 Å². The minimum Gasteiger partial charge on any atom is -0.384 e. The first-order valence-electron chi connectivity index (χ1n) is 5.33. The van der Waals surface area contributed by atoms with Crippen molar-refractivity contribution in [3.05, 3.63) is 35.4 Å². The molecule has 0 radical (unpaired) electrons. The Bertz CT molecular complexity index is 430. The second kappa shape index (κ2) is 5.39. The van der Waals surface area contributed by atoms with E-state index in [-0.39, 0.29) is 5.56 Å². The number of benzene rings is 1. The van der Waals surface area contributed by atoms with Gasteiger partial charge in [0.05, 0.1) is 0 Å². The molecule has 0 spiro atoms. The van der Waals surface area contributed by atoms with Crippen LogP contribution in [-0.4, -0.2) is 23.3 Å². The van der Waals surface area contributed by atoms with Gasteiger partial charge in [0.25, 0.3) is 0 Å². The van der Waals surface area contributed by atoms with Crippen molar-refractivity contribution in [2.45, 2.75) is 32.2 Å². The second-order valence-corrected chi connectivity index (χ2v) is 4.07. The molecule has 0 aromatic heterocycles. The molecule has 2 atom stereocenters. The summed E-state index contributed by atoms with van der Waals surface area (Å²) in [5, 5.41) is 10.7. The number of amides is 1. The zero-order chi connectivity index (χ0) is 13.9. The Kier molecular flexibility index (Phi) is 4.34. The van der Waals surface area contributed by atoms with Crippen LogP contribution in [0.15, 0.2) is 24.3 Å². The summed E-state index contributed by atoms with van der Waals surface area (Å²) in [5.41, 5.74) is 0.601. The zero-order valence-electron chi connectivity index (χ0n) is 9.95. The van der Waals surface area contributed by atoms with Crippen molar-refractivity contribution in [3.8, 4) is 0 Å². The summed E-state index contributed by atoms with van der Waals surface area (Å²) in [6, 6.07) is 3.67. The van der Waals surface area contributed by atoms with Gasteiger partial charge in [-0.15, -0.1) is 0 Å². The predicted molar refractivity (Wildman–Crippen MR) is 59.8 cm³/mol. The Balaban J connectivity index is 3.03. The number of alkyl halides is 3. The van der Waals surface area contributed by atoms with Crippen molar-refractivity contribution >= 4 is 5.91 Å². The Morgan fingerprint density at radius 2 is 2.00 bits per heavy atom. The summed E-state index contributed by atoms with van der Waals surface area (Å²) < 4.78 is 38.6. The van der Waals surface area contributed by atoms with Crippen molar-refractivity contribution in [2.75, 3.05) is 0 Å². The van der Waals surface area contributed by atoms with E-state index in [2.05, 4.69) is 0 Å². The molecule has 3 nitrogen and oxygen atoms in total. The maximum Gasteiger partial charge on any atom is 0.412 e. The number of halogens is 3. The molecule has 0 bridgehead atoms. The molecule has 1 aromatic carbocycles. The molecule has 0 aliphatic heterocycles. The first-order chi connectivity index (χ1) is 8.21. The van der Waals surface area contributed by atoms with Gasteiger partial charge in [-0.3, -0.25) is 4.79 Å². The molecule has 0 aliphatic carbocycles. The summed E-state index contributed by atoms with van der Waals surface area (Å²) in [6.07, 6.45) is -6.10. The number of aryl methyl sites for hydroxylation is 1. The average Bonchev–Trinajstić information content (AvgIpc) is 2.23. The van der Waals surface area contributed by atoms with Gasteiger partial charge in [-0.2, -0.15) is 13.2 Å². The summed E-state index contributed by atoms with van der Waals surface area (Å²) in [5.74, 6) is -1.06. The van der Waals surface area contributed by atoms with Crippen molar-refractivity contribution in [1.82, 2.24) is 5.32 Å². The SMILES string of the molecule is Cc1cccc(C(NC(=O)C(C)O)C(F)(F)F)c1. The normalized spacial score (nSPS) is 15.0. The van der Waals surface area contributed by atoms with Gasteiger partial charge in [-0.25, -0.2) is 0 Å². The number of aliphatic hydroxyl groups is 1. The van der Waals surface area contributed by atoms with Gasteiger partial charge in [0.1, 0.15) is 6.10 Å². The quantitative estimate of drug-likeness (QED) is 0.875. The summed E-state index contributed by atoms with van der Waals surface area (Å²) >= 11 is 0. The molecule has 1 aromatic rings. The van der Waals surface area contributed by atoms with Gasteiger partial charge < -0.3 is 10.4 Å². The largest absolute Gasteiger partial charge is 0.412 e. The van der Waals surface area contributed by atoms with Crippen molar-refractivity contribution in [3.63, 3.8) is 0 Å². The second-order valence-electron chi connectivity index (χ2n) is 4.07. The highest BCUT2D eigenvalue weighted by atomic mass is 19.4. The van der Waals surface area contributed by atoms with Crippen LogP contribution in [-0.2, 0) is 4.79 Å². The van der Waals surface area contributed by atoms with E-state index in [4.69, 9.17) is 5.11 Å². The maximum absolute atomic E-state index is 12.9. The van der Waals surface area contributed by atoms with Gasteiger partial charge in [0.15, 0.2) is 6.04 Å². The fraction of sp³-hybridized carbons (Fsp3) is 0.417. The minimum absolute atomic E-state index is 0.0588. The number of aliphatic hydroxyl groups excluding tert-OH is 1. The molecule has 6 heteroatoms. The average molecular weight is 261 g/mol. The molecular weight excluding hydrogens is 247 g/mol.